The number of hydrogen-bond acceptors (Lipinski definition) is 4. The first-order valence-electron chi connectivity index (χ1n) is 6.27. The molecule has 0 saturated heterocycles. The van der Waals surface area contributed by atoms with E-state index in [0.29, 0.717) is 19.1 Å². The first-order valence-corrected chi connectivity index (χ1v) is 6.27. The molecule has 100 valence electrons. The van der Waals surface area contributed by atoms with Gasteiger partial charge >= 0.3 is 6.03 Å². The molecule has 1 heterocycles. The summed E-state index contributed by atoms with van der Waals surface area (Å²) < 4.78 is 11.0. The second kappa shape index (κ2) is 4.79. The van der Waals surface area contributed by atoms with Gasteiger partial charge in [0.1, 0.15) is 13.2 Å². The van der Waals surface area contributed by atoms with Crippen LogP contribution in [0.15, 0.2) is 23.3 Å². The van der Waals surface area contributed by atoms with Crippen molar-refractivity contribution in [1.82, 2.24) is 5.43 Å². The Morgan fingerprint density at radius 3 is 2.68 bits per heavy atom. The van der Waals surface area contributed by atoms with Crippen molar-refractivity contribution in [2.75, 3.05) is 13.2 Å². The second-order valence-electron chi connectivity index (χ2n) is 4.61. The number of rotatable bonds is 3. The van der Waals surface area contributed by atoms with Crippen LogP contribution < -0.4 is 20.6 Å². The lowest BCUT2D eigenvalue weighted by molar-refractivity contribution is 0.171. The Bertz CT molecular complexity index is 538. The van der Waals surface area contributed by atoms with Gasteiger partial charge in [0.05, 0.1) is 5.71 Å². The number of hydrogen-bond donors (Lipinski definition) is 2. The molecule has 0 atom stereocenters. The fourth-order valence-electron chi connectivity index (χ4n) is 2.07. The summed E-state index contributed by atoms with van der Waals surface area (Å²) in [6.45, 7) is 1.12. The molecule has 1 saturated carbocycles. The van der Waals surface area contributed by atoms with Gasteiger partial charge in [0, 0.05) is 11.5 Å². The van der Waals surface area contributed by atoms with Gasteiger partial charge in [-0.25, -0.2) is 10.2 Å². The van der Waals surface area contributed by atoms with E-state index in [4.69, 9.17) is 15.2 Å². The lowest BCUT2D eigenvalue weighted by Crippen LogP contribution is -2.26. The summed E-state index contributed by atoms with van der Waals surface area (Å²) >= 11 is 0. The van der Waals surface area contributed by atoms with Crippen molar-refractivity contribution >= 4 is 11.7 Å². The fourth-order valence-corrected chi connectivity index (χ4v) is 2.07. The van der Waals surface area contributed by atoms with Gasteiger partial charge in [-0.05, 0) is 31.0 Å². The minimum absolute atomic E-state index is 0.384. The fraction of sp³-hybridized carbons (Fsp3) is 0.385. The van der Waals surface area contributed by atoms with E-state index < -0.39 is 6.03 Å². The number of carbonyl (C=O) groups excluding carboxylic acids is 1. The highest BCUT2D eigenvalue weighted by Gasteiger charge is 2.29. The van der Waals surface area contributed by atoms with E-state index in [9.17, 15) is 4.79 Å². The predicted octanol–water partition coefficient (Wildman–Crippen LogP) is 1.24. The van der Waals surface area contributed by atoms with Gasteiger partial charge in [0.15, 0.2) is 11.5 Å². The quantitative estimate of drug-likeness (QED) is 0.634. The van der Waals surface area contributed by atoms with E-state index in [2.05, 4.69) is 10.5 Å². The summed E-state index contributed by atoms with van der Waals surface area (Å²) in [4.78, 5) is 10.8. The van der Waals surface area contributed by atoms with Crippen LogP contribution in [-0.4, -0.2) is 25.0 Å². The largest absolute Gasteiger partial charge is 0.486 e. The highest BCUT2D eigenvalue weighted by Crippen LogP contribution is 2.36. The van der Waals surface area contributed by atoms with Crippen LogP contribution in [0.1, 0.15) is 18.4 Å². The minimum Gasteiger partial charge on any atom is -0.486 e. The molecular formula is C13H15N3O3. The number of carbonyl (C=O) groups is 1. The Kier molecular flexibility index (Phi) is 2.98. The van der Waals surface area contributed by atoms with E-state index in [1.807, 2.05) is 18.2 Å². The molecule has 1 aliphatic heterocycles. The highest BCUT2D eigenvalue weighted by molar-refractivity contribution is 6.04. The number of primary amides is 1. The van der Waals surface area contributed by atoms with Crippen molar-refractivity contribution in [3.05, 3.63) is 23.8 Å². The van der Waals surface area contributed by atoms with Gasteiger partial charge in [-0.1, -0.05) is 0 Å². The smallest absolute Gasteiger partial charge is 0.332 e. The van der Waals surface area contributed by atoms with Crippen LogP contribution in [0.4, 0.5) is 4.79 Å². The topological polar surface area (TPSA) is 85.9 Å². The molecule has 1 fully saturated rings. The number of nitrogens with two attached hydrogens (primary N) is 1. The summed E-state index contributed by atoms with van der Waals surface area (Å²) in [7, 11) is 0. The molecule has 0 bridgehead atoms. The highest BCUT2D eigenvalue weighted by atomic mass is 16.6. The maximum atomic E-state index is 10.8. The first-order chi connectivity index (χ1) is 9.24. The molecule has 2 amide bonds. The molecule has 1 aromatic rings. The Labute approximate surface area is 110 Å². The Balaban J connectivity index is 1.89. The summed E-state index contributed by atoms with van der Waals surface area (Å²) in [5.41, 5.74) is 9.12. The van der Waals surface area contributed by atoms with Crippen molar-refractivity contribution in [2.45, 2.75) is 12.8 Å². The molecule has 0 spiro atoms. The van der Waals surface area contributed by atoms with Gasteiger partial charge in [-0.3, -0.25) is 0 Å². The summed E-state index contributed by atoms with van der Waals surface area (Å²) in [5, 5.41) is 4.10. The zero-order valence-electron chi connectivity index (χ0n) is 10.4. The van der Waals surface area contributed by atoms with Gasteiger partial charge in [-0.15, -0.1) is 0 Å². The third-order valence-electron chi connectivity index (χ3n) is 3.09. The van der Waals surface area contributed by atoms with Crippen molar-refractivity contribution in [3.8, 4) is 11.5 Å². The van der Waals surface area contributed by atoms with Crippen molar-refractivity contribution < 1.29 is 14.3 Å². The summed E-state index contributed by atoms with van der Waals surface area (Å²) in [6.07, 6.45) is 2.15. The van der Waals surface area contributed by atoms with Crippen LogP contribution in [0.3, 0.4) is 0 Å². The number of urea groups is 1. The van der Waals surface area contributed by atoms with Gasteiger partial charge in [0.2, 0.25) is 0 Å². The van der Waals surface area contributed by atoms with Crippen LogP contribution in [-0.2, 0) is 0 Å². The lowest BCUT2D eigenvalue weighted by Gasteiger charge is -2.19. The maximum Gasteiger partial charge on any atom is 0.332 e. The molecule has 2 aliphatic rings. The minimum atomic E-state index is -0.657. The predicted molar refractivity (Wildman–Crippen MR) is 69.4 cm³/mol. The summed E-state index contributed by atoms with van der Waals surface area (Å²) in [5.74, 6) is 1.85. The molecule has 3 rings (SSSR count). The van der Waals surface area contributed by atoms with Gasteiger partial charge in [0.25, 0.3) is 0 Å². The Morgan fingerprint density at radius 1 is 1.26 bits per heavy atom. The summed E-state index contributed by atoms with van der Waals surface area (Å²) in [6, 6.07) is 5.03. The molecule has 1 aromatic carbocycles. The molecule has 19 heavy (non-hydrogen) atoms. The van der Waals surface area contributed by atoms with Gasteiger partial charge < -0.3 is 15.2 Å². The molecule has 0 unspecified atom stereocenters. The normalized spacial score (nSPS) is 18.0. The first kappa shape index (κ1) is 11.8. The molecule has 6 heteroatoms. The number of nitrogens with zero attached hydrogens (tertiary/aromatic N) is 1. The van der Waals surface area contributed by atoms with E-state index in [1.165, 1.54) is 0 Å². The lowest BCUT2D eigenvalue weighted by atomic mass is 10.1. The maximum absolute atomic E-state index is 10.8. The second-order valence-corrected chi connectivity index (χ2v) is 4.61. The number of nitrogens with one attached hydrogen (secondary N) is 1. The number of amides is 2. The Hall–Kier alpha value is -2.24. The van der Waals surface area contributed by atoms with Crippen LogP contribution in [0.25, 0.3) is 0 Å². The molecule has 0 radical (unpaired) electrons. The van der Waals surface area contributed by atoms with Crippen molar-refractivity contribution in [2.24, 2.45) is 16.8 Å². The molecule has 3 N–H and O–H groups in total. The average molecular weight is 261 g/mol. The van der Waals surface area contributed by atoms with E-state index in [0.717, 1.165) is 35.6 Å². The van der Waals surface area contributed by atoms with Crippen LogP contribution in [0.5, 0.6) is 11.5 Å². The number of benzene rings is 1. The van der Waals surface area contributed by atoms with Crippen LogP contribution >= 0.6 is 0 Å². The zero-order valence-corrected chi connectivity index (χ0v) is 10.4. The number of fused-ring (bicyclic) bond motifs is 1. The molecule has 0 aromatic heterocycles. The zero-order chi connectivity index (χ0) is 13.2. The SMILES string of the molecule is NC(=O)N/N=C(\c1ccc2c(c1)OCCO2)C1CC1. The molecular weight excluding hydrogens is 246 g/mol. The molecule has 1 aliphatic carbocycles. The van der Waals surface area contributed by atoms with E-state index in [1.54, 1.807) is 0 Å². The molecule has 6 nitrogen and oxygen atoms in total. The van der Waals surface area contributed by atoms with Gasteiger partial charge in [-0.2, -0.15) is 5.10 Å². The van der Waals surface area contributed by atoms with E-state index >= 15 is 0 Å². The van der Waals surface area contributed by atoms with Crippen LogP contribution in [0, 0.1) is 5.92 Å². The van der Waals surface area contributed by atoms with Crippen LogP contribution in [0.2, 0.25) is 0 Å². The van der Waals surface area contributed by atoms with Crippen molar-refractivity contribution in [1.29, 1.82) is 0 Å². The standard InChI is InChI=1S/C13H15N3O3/c14-13(17)16-15-12(8-1-2-8)9-3-4-10-11(7-9)19-6-5-18-10/h3-4,7-8H,1-2,5-6H2,(H3,14,16,17)/b15-12-. The Morgan fingerprint density at radius 2 is 2.00 bits per heavy atom. The number of hydrazone groups is 1. The third kappa shape index (κ3) is 2.62. The van der Waals surface area contributed by atoms with Crippen molar-refractivity contribution in [3.63, 3.8) is 0 Å². The van der Waals surface area contributed by atoms with E-state index in [-0.39, 0.29) is 0 Å². The number of ether oxygens (including phenoxy) is 2. The third-order valence-corrected chi connectivity index (χ3v) is 3.09. The average Bonchev–Trinajstić information content (AvgIpc) is 3.23. The monoisotopic (exact) mass is 261 g/mol.